The Hall–Kier alpha value is -3.19. The molecule has 0 saturated heterocycles. The van der Waals surface area contributed by atoms with Gasteiger partial charge in [0.1, 0.15) is 41.7 Å². The SMILES string of the molecule is C=CS(=O)(=O)c1ccc(N=Nc2c(S(=O)(=O)[O-])cc3cc(S(=O)(=O)[O-])c(N=Nc4cc(N=c5[nH]c(=NCCS(=O)(=O)CCOS(=O)(=O)O)[nH]c(=Nc6ccccc6CC)[nH]5)ccc4S(=O)(=O)[O-])c([O-])c3c2N)cc1.[Na+].[Na+].[Na+].[Na+]. The second kappa shape index (κ2) is 28.7. The van der Waals surface area contributed by atoms with Crippen molar-refractivity contribution in [2.75, 3.05) is 30.4 Å². The first-order valence-electron chi connectivity index (χ1n) is 20.2. The smallest absolute Gasteiger partial charge is 0.870 e. The fourth-order valence-electron chi connectivity index (χ4n) is 6.40. The van der Waals surface area contributed by atoms with Crippen LogP contribution in [0.2, 0.25) is 0 Å². The summed E-state index contributed by atoms with van der Waals surface area (Å²) in [5.41, 5.74) is 2.37. The molecule has 78 heavy (non-hydrogen) atoms. The molecule has 0 bridgehead atoms. The van der Waals surface area contributed by atoms with E-state index < -0.39 is 139 Å². The molecule has 0 radical (unpaired) electrons. The van der Waals surface area contributed by atoms with Gasteiger partial charge >= 0.3 is 129 Å². The molecule has 5 aromatic carbocycles. The van der Waals surface area contributed by atoms with Crippen molar-refractivity contribution >= 4 is 111 Å². The van der Waals surface area contributed by atoms with Crippen LogP contribution >= 0.6 is 0 Å². The number of anilines is 1. The Kier molecular flexibility index (Phi) is 26.1. The maximum atomic E-state index is 14.1. The van der Waals surface area contributed by atoms with Crippen molar-refractivity contribution in [1.82, 2.24) is 15.0 Å². The minimum absolute atomic E-state index is 0. The molecule has 0 aliphatic carbocycles. The summed E-state index contributed by atoms with van der Waals surface area (Å²) < 4.78 is 196. The van der Waals surface area contributed by atoms with Crippen LogP contribution < -0.4 is 146 Å². The summed E-state index contributed by atoms with van der Waals surface area (Å²) >= 11 is 0. The number of aromatic amines is 3. The zero-order valence-corrected chi connectivity index (χ0v) is 54.3. The van der Waals surface area contributed by atoms with Gasteiger partial charge in [0.2, 0.25) is 16.9 Å². The molecule has 394 valence electrons. The molecule has 0 atom stereocenters. The Bertz CT molecular complexity index is 4260. The third kappa shape index (κ3) is 18.9. The number of sulfone groups is 2. The van der Waals surface area contributed by atoms with E-state index in [1.807, 2.05) is 6.92 Å². The van der Waals surface area contributed by atoms with Gasteiger partial charge in [-0.2, -0.15) is 13.5 Å². The van der Waals surface area contributed by atoms with Gasteiger partial charge in [0.15, 0.2) is 19.7 Å². The first-order valence-corrected chi connectivity index (χ1v) is 29.2. The van der Waals surface area contributed by atoms with Crippen LogP contribution in [-0.2, 0) is 71.0 Å². The molecule has 0 aliphatic heterocycles. The van der Waals surface area contributed by atoms with Crippen LogP contribution in [-0.4, -0.2) is 108 Å². The monoisotopic (exact) mass is 1230 g/mol. The number of fused-ring (bicyclic) bond motifs is 1. The van der Waals surface area contributed by atoms with E-state index in [-0.39, 0.29) is 151 Å². The molecule has 0 saturated carbocycles. The average Bonchev–Trinajstić information content (AvgIpc) is 3.29. The number of rotatable bonds is 19. The third-order valence-corrected chi connectivity index (χ3v) is 15.8. The van der Waals surface area contributed by atoms with Crippen LogP contribution in [0, 0.1) is 0 Å². The fraction of sp³-hybridized carbons (Fsp3) is 0.154. The fourth-order valence-corrected chi connectivity index (χ4v) is 10.3. The van der Waals surface area contributed by atoms with Crippen LogP contribution in [0.4, 0.5) is 39.8 Å². The summed E-state index contributed by atoms with van der Waals surface area (Å²) in [5.74, 6) is -3.03. The van der Waals surface area contributed by atoms with E-state index in [9.17, 15) is 69.3 Å². The molecule has 1 aromatic heterocycles. The normalized spacial score (nSPS) is 13.2. The second-order valence-electron chi connectivity index (χ2n) is 14.8. The molecule has 0 fully saturated rings. The maximum absolute atomic E-state index is 14.1. The maximum Gasteiger partial charge on any atom is 1.00 e. The van der Waals surface area contributed by atoms with E-state index in [0.29, 0.717) is 35.7 Å². The first kappa shape index (κ1) is 70.9. The molecule has 0 unspecified atom stereocenters. The molecule has 1 heterocycles. The Morgan fingerprint density at radius 3 is 1.74 bits per heavy atom. The molecule has 6 N–H and O–H groups in total. The van der Waals surface area contributed by atoms with E-state index in [2.05, 4.69) is 61.1 Å². The molecule has 0 aliphatic rings. The largest absolute Gasteiger partial charge is 1.00 e. The van der Waals surface area contributed by atoms with E-state index in [0.717, 1.165) is 42.0 Å². The van der Waals surface area contributed by atoms with Crippen LogP contribution in [0.3, 0.4) is 0 Å². The number of para-hydroxylation sites is 1. The van der Waals surface area contributed by atoms with Crippen LogP contribution in [0.15, 0.2) is 146 Å². The van der Waals surface area contributed by atoms with Crippen LogP contribution in [0.1, 0.15) is 12.5 Å². The summed E-state index contributed by atoms with van der Waals surface area (Å²) in [7, 11) is -29.7. The minimum atomic E-state index is -5.79. The Labute approximate surface area is 533 Å². The number of hydrogen-bond acceptors (Lipinski definition) is 25. The van der Waals surface area contributed by atoms with Gasteiger partial charge in [-0.05, 0) is 78.0 Å². The number of benzene rings is 5. The van der Waals surface area contributed by atoms with Gasteiger partial charge in [-0.1, -0.05) is 37.5 Å². The third-order valence-electron chi connectivity index (χ3n) is 9.81. The molecule has 6 rings (SSSR count). The number of nitrogens with two attached hydrogens (primary N) is 1. The molecule has 6 aromatic rings. The Morgan fingerprint density at radius 1 is 0.641 bits per heavy atom. The Morgan fingerprint density at radius 2 is 1.18 bits per heavy atom. The van der Waals surface area contributed by atoms with Crippen molar-refractivity contribution in [3.8, 4) is 5.75 Å². The van der Waals surface area contributed by atoms with Gasteiger partial charge in [0.05, 0.1) is 72.7 Å². The topological polar surface area (TPSA) is 486 Å². The van der Waals surface area contributed by atoms with E-state index in [1.54, 1.807) is 24.3 Å². The summed E-state index contributed by atoms with van der Waals surface area (Å²) in [4.78, 5) is 17.2. The van der Waals surface area contributed by atoms with Crippen molar-refractivity contribution in [3.63, 3.8) is 0 Å². The number of nitrogens with zero attached hydrogens (tertiary/aromatic N) is 7. The number of nitrogen functional groups attached to an aromatic ring is 1. The molecular weight excluding hydrogens is 1190 g/mol. The average molecular weight is 1230 g/mol. The molecule has 29 nitrogen and oxygen atoms in total. The zero-order chi connectivity index (χ0) is 54.6. The van der Waals surface area contributed by atoms with Crippen molar-refractivity contribution in [1.29, 1.82) is 0 Å². The molecular formula is C39H35N11Na4O18S6. The predicted molar refractivity (Wildman–Crippen MR) is 253 cm³/mol. The van der Waals surface area contributed by atoms with Gasteiger partial charge in [-0.3, -0.25) is 24.5 Å². The number of aromatic nitrogens is 3. The van der Waals surface area contributed by atoms with Gasteiger partial charge in [-0.15, -0.1) is 15.3 Å². The number of hydrogen-bond donors (Lipinski definition) is 5. The van der Waals surface area contributed by atoms with Crippen molar-refractivity contribution in [2.45, 2.75) is 32.9 Å². The number of aryl methyl sites for hydroxylation is 1. The Balaban J connectivity index is 0.00000520. The number of azo groups is 2. The van der Waals surface area contributed by atoms with Crippen molar-refractivity contribution < 1.29 is 196 Å². The van der Waals surface area contributed by atoms with Crippen LogP contribution in [0.25, 0.3) is 10.8 Å². The summed E-state index contributed by atoms with van der Waals surface area (Å²) in [6.45, 7) is 3.73. The van der Waals surface area contributed by atoms with Crippen molar-refractivity contribution in [3.05, 3.63) is 113 Å². The van der Waals surface area contributed by atoms with E-state index in [1.165, 1.54) is 0 Å². The van der Waals surface area contributed by atoms with Crippen LogP contribution in [0.5, 0.6) is 5.75 Å². The standard InChI is InChI=1S/C39H39N11O18S6.4Na/c1-3-22-7-5-6-8-27(22)43-39-45-37(41-15-17-69(52,53)18-16-68-74(65,66)67)44-38(46-39)42-25-11-14-29(71(56,57)58)28(21-25)48-50-35-31(73(62,63)64)20-23-19-30(72(59,60)61)34(33(40)32(23)36(35)51)49-47-24-9-12-26(13-10-24)70(54,55)4-2;;;;/h4-14,19-21,51H,2-3,15-18,40H2,1H3,(H,56,57,58)(H,59,60,61)(H,62,63,64)(H,65,66,67)(H3,41,42,43,44,45,46);;;;/q;4*+1/p-4. The number of H-pyrrole nitrogens is 3. The minimum Gasteiger partial charge on any atom is -0.870 e. The van der Waals surface area contributed by atoms with Gasteiger partial charge < -0.3 is 24.5 Å². The van der Waals surface area contributed by atoms with E-state index in [4.69, 9.17) is 10.3 Å². The zero-order valence-electron chi connectivity index (χ0n) is 41.4. The summed E-state index contributed by atoms with van der Waals surface area (Å²) in [5, 5.41) is 27.9. The quantitative estimate of drug-likeness (QED) is 0.0218. The van der Waals surface area contributed by atoms with Gasteiger partial charge in [0, 0.05) is 10.8 Å². The molecule has 0 amide bonds. The summed E-state index contributed by atoms with van der Waals surface area (Å²) in [6, 6.07) is 14.7. The summed E-state index contributed by atoms with van der Waals surface area (Å²) in [6.07, 6.45) is 0.534. The van der Waals surface area contributed by atoms with Gasteiger partial charge in [0.25, 0.3) is 0 Å². The molecule has 0 spiro atoms. The molecule has 39 heteroatoms. The second-order valence-corrected chi connectivity index (χ2v) is 24.2. The van der Waals surface area contributed by atoms with Gasteiger partial charge in [-0.25, -0.2) is 56.3 Å². The van der Waals surface area contributed by atoms with E-state index >= 15 is 0 Å². The predicted octanol–water partition coefficient (Wildman–Crippen LogP) is -9.88. The number of nitrogens with one attached hydrogen (secondary N) is 3. The first-order chi connectivity index (χ1) is 34.4. The van der Waals surface area contributed by atoms with Crippen molar-refractivity contribution in [2.24, 2.45) is 35.4 Å².